The summed E-state index contributed by atoms with van der Waals surface area (Å²) in [4.78, 5) is 12.9. The molecule has 4 rings (SSSR count). The number of para-hydroxylation sites is 2. The normalized spacial score (nSPS) is 15.8. The Kier molecular flexibility index (Phi) is 4.88. The lowest BCUT2D eigenvalue weighted by atomic mass is 10.2. The van der Waals surface area contributed by atoms with Crippen LogP contribution in [0.25, 0.3) is 0 Å². The van der Waals surface area contributed by atoms with Gasteiger partial charge < -0.3 is 14.0 Å². The Balaban J connectivity index is 1.44. The maximum atomic E-state index is 12.2. The number of rotatable bonds is 5. The molecule has 1 aromatic carbocycles. The highest BCUT2D eigenvalue weighted by atomic mass is 35.5. The van der Waals surface area contributed by atoms with Gasteiger partial charge >= 0.3 is 0 Å². The zero-order valence-electron chi connectivity index (χ0n) is 13.7. The number of nitrogens with zero attached hydrogens (tertiary/aromatic N) is 3. The van der Waals surface area contributed by atoms with Gasteiger partial charge in [0.2, 0.25) is 0 Å². The van der Waals surface area contributed by atoms with Gasteiger partial charge in [-0.2, -0.15) is 0 Å². The van der Waals surface area contributed by atoms with Crippen molar-refractivity contribution in [3.05, 3.63) is 51.4 Å². The van der Waals surface area contributed by atoms with Crippen molar-refractivity contribution in [2.45, 2.75) is 11.3 Å². The monoisotopic (exact) mass is 407 g/mol. The van der Waals surface area contributed by atoms with Crippen molar-refractivity contribution in [1.82, 2.24) is 14.8 Å². The zero-order valence-corrected chi connectivity index (χ0v) is 16.1. The number of ketones is 1. The van der Waals surface area contributed by atoms with Gasteiger partial charge in [-0.05, 0) is 24.3 Å². The fourth-order valence-electron chi connectivity index (χ4n) is 2.54. The molecule has 1 aliphatic heterocycles. The number of thioether (sulfide) groups is 1. The molecule has 1 atom stereocenters. The number of carbonyl (C=O) groups excluding carboxylic acids is 1. The molecule has 9 heteroatoms. The Labute approximate surface area is 163 Å². The largest absolute Gasteiger partial charge is 0.485 e. The quantitative estimate of drug-likeness (QED) is 0.470. The summed E-state index contributed by atoms with van der Waals surface area (Å²) in [6, 6.07) is 11.0. The number of fused-ring (bicyclic) bond motifs is 1. The fourth-order valence-corrected chi connectivity index (χ4v) is 4.42. The van der Waals surface area contributed by atoms with Crippen LogP contribution in [0.2, 0.25) is 4.34 Å². The van der Waals surface area contributed by atoms with Crippen LogP contribution in [-0.4, -0.2) is 32.9 Å². The Hall–Kier alpha value is -2.03. The Morgan fingerprint density at radius 2 is 2.12 bits per heavy atom. The summed E-state index contributed by atoms with van der Waals surface area (Å²) in [5.74, 6) is 2.36. The molecule has 0 N–H and O–H groups in total. The van der Waals surface area contributed by atoms with Crippen LogP contribution in [0, 0.1) is 0 Å². The number of aromatic nitrogens is 3. The minimum atomic E-state index is -0.344. The molecule has 26 heavy (non-hydrogen) atoms. The van der Waals surface area contributed by atoms with Gasteiger partial charge in [0.1, 0.15) is 6.61 Å². The Morgan fingerprint density at radius 1 is 1.31 bits per heavy atom. The highest BCUT2D eigenvalue weighted by molar-refractivity contribution is 7.99. The third-order valence-electron chi connectivity index (χ3n) is 3.85. The highest BCUT2D eigenvalue weighted by Gasteiger charge is 2.27. The number of benzene rings is 1. The number of halogens is 1. The predicted octanol–water partition coefficient (Wildman–Crippen LogP) is 4.02. The minimum Gasteiger partial charge on any atom is -0.485 e. The molecule has 0 saturated heterocycles. The van der Waals surface area contributed by atoms with Crippen LogP contribution in [0.3, 0.4) is 0 Å². The van der Waals surface area contributed by atoms with Crippen molar-refractivity contribution >= 4 is 40.5 Å². The van der Waals surface area contributed by atoms with Gasteiger partial charge in [0.25, 0.3) is 0 Å². The Morgan fingerprint density at radius 3 is 2.88 bits per heavy atom. The molecule has 0 saturated carbocycles. The molecule has 3 aromatic rings. The van der Waals surface area contributed by atoms with E-state index < -0.39 is 0 Å². The average molecular weight is 408 g/mol. The molecular weight excluding hydrogens is 394 g/mol. The molecule has 0 amide bonds. The van der Waals surface area contributed by atoms with Crippen LogP contribution >= 0.6 is 34.7 Å². The van der Waals surface area contributed by atoms with E-state index in [2.05, 4.69) is 10.2 Å². The van der Waals surface area contributed by atoms with Gasteiger partial charge in [0, 0.05) is 7.05 Å². The summed E-state index contributed by atoms with van der Waals surface area (Å²) in [6.45, 7) is 0.361. The van der Waals surface area contributed by atoms with Crippen LogP contribution in [0.4, 0.5) is 0 Å². The van der Waals surface area contributed by atoms with Crippen LogP contribution in [0.15, 0.2) is 41.6 Å². The highest BCUT2D eigenvalue weighted by Crippen LogP contribution is 2.35. The first-order valence-corrected chi connectivity index (χ1v) is 9.99. The minimum absolute atomic E-state index is 0.0163. The third-order valence-corrected chi connectivity index (χ3v) is 6.14. The van der Waals surface area contributed by atoms with E-state index in [1.807, 2.05) is 35.9 Å². The van der Waals surface area contributed by atoms with Crippen LogP contribution in [0.5, 0.6) is 11.5 Å². The lowest BCUT2D eigenvalue weighted by molar-refractivity contribution is 0.0825. The maximum Gasteiger partial charge on any atom is 0.192 e. The van der Waals surface area contributed by atoms with Gasteiger partial charge in [-0.15, -0.1) is 21.5 Å². The van der Waals surface area contributed by atoms with Crippen LogP contribution in [0.1, 0.15) is 21.6 Å². The molecule has 3 heterocycles. The molecule has 0 radical (unpaired) electrons. The van der Waals surface area contributed by atoms with E-state index in [9.17, 15) is 4.79 Å². The molecule has 2 aromatic heterocycles. The molecule has 0 aliphatic carbocycles. The van der Waals surface area contributed by atoms with Crippen molar-refractivity contribution in [2.75, 3.05) is 12.4 Å². The van der Waals surface area contributed by atoms with Crippen LogP contribution < -0.4 is 9.47 Å². The fraction of sp³-hybridized carbons (Fsp3) is 0.235. The molecule has 134 valence electrons. The summed E-state index contributed by atoms with van der Waals surface area (Å²) in [7, 11) is 1.86. The summed E-state index contributed by atoms with van der Waals surface area (Å²) >= 11 is 8.50. The maximum absolute atomic E-state index is 12.2. The van der Waals surface area contributed by atoms with Crippen molar-refractivity contribution in [1.29, 1.82) is 0 Å². The van der Waals surface area contributed by atoms with Gasteiger partial charge in [-0.3, -0.25) is 4.79 Å². The van der Waals surface area contributed by atoms with Gasteiger partial charge in [-0.1, -0.05) is 35.5 Å². The second kappa shape index (κ2) is 7.30. The standard InChI is InChI=1S/C17H14ClN3O3S2/c1-21-16(13-8-23-11-4-2-3-5-12(11)24-13)19-20-17(21)25-9-10(22)14-6-7-15(18)26-14/h2-7,13H,8-9H2,1H3/t13-/m0/s1. The molecular formula is C17H14ClN3O3S2. The van der Waals surface area contributed by atoms with Crippen molar-refractivity contribution in [3.63, 3.8) is 0 Å². The SMILES string of the molecule is Cn1c(SCC(=O)c2ccc(Cl)s2)nnc1[C@@H]1COc2ccccc2O1. The Bertz CT molecular complexity index is 956. The van der Waals surface area contributed by atoms with Crippen LogP contribution in [-0.2, 0) is 7.05 Å². The van der Waals surface area contributed by atoms with Crippen molar-refractivity contribution in [3.8, 4) is 11.5 Å². The lowest BCUT2D eigenvalue weighted by Crippen LogP contribution is -2.24. The number of carbonyl (C=O) groups is 1. The molecule has 0 unspecified atom stereocenters. The number of hydrogen-bond acceptors (Lipinski definition) is 7. The first-order chi connectivity index (χ1) is 12.6. The van der Waals surface area contributed by atoms with E-state index in [0.29, 0.717) is 32.6 Å². The first kappa shape index (κ1) is 17.4. The number of hydrogen-bond donors (Lipinski definition) is 0. The van der Waals surface area contributed by atoms with E-state index in [0.717, 1.165) is 5.75 Å². The summed E-state index contributed by atoms with van der Waals surface area (Å²) in [5.41, 5.74) is 0. The zero-order chi connectivity index (χ0) is 18.1. The second-order valence-corrected chi connectivity index (χ2v) is 8.24. The van der Waals surface area contributed by atoms with Gasteiger partial charge in [-0.25, -0.2) is 0 Å². The summed E-state index contributed by atoms with van der Waals surface area (Å²) in [6.07, 6.45) is -0.344. The number of Topliss-reactive ketones (excluding diaryl/α,β-unsaturated/α-hetero) is 1. The van der Waals surface area contributed by atoms with E-state index >= 15 is 0 Å². The number of ether oxygens (including phenoxy) is 2. The molecule has 1 aliphatic rings. The summed E-state index contributed by atoms with van der Waals surface area (Å²) in [5, 5.41) is 9.06. The first-order valence-electron chi connectivity index (χ1n) is 7.81. The predicted molar refractivity (Wildman–Crippen MR) is 101 cm³/mol. The third kappa shape index (κ3) is 3.44. The molecule has 0 spiro atoms. The van der Waals surface area contributed by atoms with Gasteiger partial charge in [0.15, 0.2) is 34.4 Å². The average Bonchev–Trinajstić information content (AvgIpc) is 3.25. The van der Waals surface area contributed by atoms with Crippen molar-refractivity contribution < 1.29 is 14.3 Å². The topological polar surface area (TPSA) is 66.2 Å². The van der Waals surface area contributed by atoms with E-state index in [1.54, 1.807) is 12.1 Å². The summed E-state index contributed by atoms with van der Waals surface area (Å²) < 4.78 is 14.1. The van der Waals surface area contributed by atoms with Crippen molar-refractivity contribution in [2.24, 2.45) is 7.05 Å². The molecule has 0 bridgehead atoms. The van der Waals surface area contributed by atoms with Gasteiger partial charge in [0.05, 0.1) is 15.0 Å². The van der Waals surface area contributed by atoms with E-state index in [1.165, 1.54) is 23.1 Å². The van der Waals surface area contributed by atoms with E-state index in [4.69, 9.17) is 21.1 Å². The number of thiophene rings is 1. The molecule has 6 nitrogen and oxygen atoms in total. The molecule has 0 fully saturated rings. The van der Waals surface area contributed by atoms with E-state index in [-0.39, 0.29) is 17.6 Å². The smallest absolute Gasteiger partial charge is 0.192 e. The second-order valence-electron chi connectivity index (χ2n) is 5.58. The lowest BCUT2D eigenvalue weighted by Gasteiger charge is -2.25.